The van der Waals surface area contributed by atoms with Gasteiger partial charge in [-0.15, -0.1) is 10.2 Å². The van der Waals surface area contributed by atoms with Crippen LogP contribution in [0, 0.1) is 10.2 Å². The Morgan fingerprint density at radius 2 is 1.19 bits per heavy atom. The lowest BCUT2D eigenvalue weighted by Gasteiger charge is -2.17. The molecule has 0 N–H and O–H groups in total. The van der Waals surface area contributed by atoms with Crippen molar-refractivity contribution in [3.63, 3.8) is 0 Å². The van der Waals surface area contributed by atoms with Crippen molar-refractivity contribution in [3.8, 4) is 5.69 Å². The molecule has 0 bridgehead atoms. The first-order chi connectivity index (χ1) is 9.95. The Morgan fingerprint density at radius 3 is 1.86 bits per heavy atom. The summed E-state index contributed by atoms with van der Waals surface area (Å²) < 4.78 is 36.2. The van der Waals surface area contributed by atoms with E-state index in [1.165, 1.54) is 16.6 Å². The first-order valence-electron chi connectivity index (χ1n) is 6.02. The van der Waals surface area contributed by atoms with Crippen LogP contribution >= 0.6 is 0 Å². The Bertz CT molecular complexity index is 702. The molecule has 21 heavy (non-hydrogen) atoms. The van der Waals surface area contributed by atoms with Gasteiger partial charge in [0.1, 0.15) is 0 Å². The van der Waals surface area contributed by atoms with Crippen molar-refractivity contribution in [1.29, 1.82) is 0 Å². The maximum absolute atomic E-state index is 8.49. The second kappa shape index (κ2) is 6.62. The van der Waals surface area contributed by atoms with Crippen molar-refractivity contribution in [3.05, 3.63) is 72.9 Å². The van der Waals surface area contributed by atoms with E-state index < -0.39 is 10.2 Å². The van der Waals surface area contributed by atoms with Gasteiger partial charge in [-0.2, -0.15) is 4.57 Å². The highest BCUT2D eigenvalue weighted by atomic mass is 35.7. The van der Waals surface area contributed by atoms with Crippen LogP contribution in [0.5, 0.6) is 0 Å². The summed E-state index contributed by atoms with van der Waals surface area (Å²) in [5.41, 5.74) is 2.43. The van der Waals surface area contributed by atoms with Gasteiger partial charge in [-0.05, 0) is 12.1 Å². The zero-order chi connectivity index (χ0) is 15.3. The third kappa shape index (κ3) is 4.78. The largest absolute Gasteiger partial charge is 0.222 e. The van der Waals surface area contributed by atoms with Gasteiger partial charge in [0, 0.05) is 29.7 Å². The normalized spacial score (nSPS) is 10.9. The predicted octanol–water partition coefficient (Wildman–Crippen LogP) is -1.64. The molecule has 0 amide bonds. The highest BCUT2D eigenvalue weighted by Crippen LogP contribution is 2.10. The third-order valence-corrected chi connectivity index (χ3v) is 2.74. The highest BCUT2D eigenvalue weighted by molar-refractivity contribution is 5.75. The van der Waals surface area contributed by atoms with Gasteiger partial charge in [0.25, 0.3) is 0 Å². The summed E-state index contributed by atoms with van der Waals surface area (Å²) in [7, 11) is -4.94. The number of benzene rings is 2. The molecule has 0 saturated carbocycles. The average Bonchev–Trinajstić information content (AvgIpc) is 2.46. The van der Waals surface area contributed by atoms with Gasteiger partial charge in [0.15, 0.2) is 6.20 Å². The molecule has 0 aliphatic carbocycles. The molecule has 2 aromatic carbocycles. The third-order valence-electron chi connectivity index (χ3n) is 2.74. The van der Waals surface area contributed by atoms with Crippen LogP contribution in [0.2, 0.25) is 0 Å². The Morgan fingerprint density at radius 1 is 0.667 bits per heavy atom. The van der Waals surface area contributed by atoms with Gasteiger partial charge in [-0.25, -0.2) is 18.6 Å². The van der Waals surface area contributed by atoms with E-state index in [1.807, 2.05) is 6.07 Å². The molecule has 1 heterocycles. The number of pyridine rings is 1. The minimum absolute atomic E-state index is 1.19. The summed E-state index contributed by atoms with van der Waals surface area (Å²) in [4.78, 5) is 0. The Balaban J connectivity index is 0.000000282. The number of fused-ring (bicyclic) bond motifs is 1. The van der Waals surface area contributed by atoms with E-state index in [2.05, 4.69) is 71.4 Å². The average molecular weight is 306 g/mol. The lowest BCUT2D eigenvalue weighted by Crippen LogP contribution is -2.68. The van der Waals surface area contributed by atoms with E-state index in [-0.39, 0.29) is 0 Å². The molecular weight excluding hydrogens is 294 g/mol. The lowest BCUT2D eigenvalue weighted by molar-refractivity contribution is -2.00. The van der Waals surface area contributed by atoms with Crippen LogP contribution in [-0.4, -0.2) is 0 Å². The smallest absolute Gasteiger partial charge is 0.218 e. The molecule has 0 atom stereocenters. The molecule has 6 heteroatoms. The zero-order valence-electron chi connectivity index (χ0n) is 10.9. The summed E-state index contributed by atoms with van der Waals surface area (Å²) in [5.74, 6) is 0. The van der Waals surface area contributed by atoms with Crippen molar-refractivity contribution in [2.75, 3.05) is 0 Å². The Labute approximate surface area is 123 Å². The van der Waals surface area contributed by atoms with Gasteiger partial charge in [0.2, 0.25) is 11.2 Å². The summed E-state index contributed by atoms with van der Waals surface area (Å²) in [6.45, 7) is 0. The van der Waals surface area contributed by atoms with Crippen molar-refractivity contribution in [2.24, 2.45) is 0 Å². The molecule has 0 radical (unpaired) electrons. The van der Waals surface area contributed by atoms with E-state index in [1.54, 1.807) is 0 Å². The molecule has 1 aromatic heterocycles. The Kier molecular flexibility index (Phi) is 4.85. The van der Waals surface area contributed by atoms with Crippen LogP contribution in [0.25, 0.3) is 16.6 Å². The summed E-state index contributed by atoms with van der Waals surface area (Å²) in [6, 6.07) is 23.0. The minimum Gasteiger partial charge on any atom is -0.222 e. The molecular formula is C15H12ClNO4. The molecule has 0 fully saturated rings. The predicted molar refractivity (Wildman–Crippen MR) is 65.5 cm³/mol. The van der Waals surface area contributed by atoms with Gasteiger partial charge in [0.05, 0.1) is 0 Å². The van der Waals surface area contributed by atoms with Crippen LogP contribution in [0.15, 0.2) is 72.9 Å². The molecule has 0 unspecified atom stereocenters. The van der Waals surface area contributed by atoms with Gasteiger partial charge in [-0.3, -0.25) is 0 Å². The molecule has 5 nitrogen and oxygen atoms in total. The molecule has 0 spiro atoms. The molecule has 0 aliphatic rings. The number of para-hydroxylation sites is 2. The number of halogens is 1. The summed E-state index contributed by atoms with van der Waals surface area (Å²) in [6.07, 6.45) is 2.09. The quantitative estimate of drug-likeness (QED) is 0.504. The first-order valence-corrected chi connectivity index (χ1v) is 7.25. The fraction of sp³-hybridized carbons (Fsp3) is 0. The van der Waals surface area contributed by atoms with Gasteiger partial charge in [-0.1, -0.05) is 30.3 Å². The monoisotopic (exact) mass is 305 g/mol. The van der Waals surface area contributed by atoms with E-state index >= 15 is 0 Å². The number of aromatic nitrogens is 1. The maximum atomic E-state index is 8.49. The summed E-state index contributed by atoms with van der Waals surface area (Å²) >= 11 is 0. The van der Waals surface area contributed by atoms with E-state index in [0.29, 0.717) is 0 Å². The van der Waals surface area contributed by atoms with Crippen molar-refractivity contribution >= 4 is 10.9 Å². The van der Waals surface area contributed by atoms with Crippen LogP contribution in [-0.2, 0) is 0 Å². The fourth-order valence-corrected chi connectivity index (χ4v) is 1.97. The zero-order valence-corrected chi connectivity index (χ0v) is 11.6. The van der Waals surface area contributed by atoms with Crippen LogP contribution in [0.3, 0.4) is 0 Å². The molecule has 0 saturated heterocycles. The molecule has 0 aliphatic heterocycles. The van der Waals surface area contributed by atoms with Crippen molar-refractivity contribution in [2.45, 2.75) is 0 Å². The SMILES string of the molecule is [O-][Cl+3]([O-])([O-])[O-].c1ccc(-[n+]2cccc3ccccc32)cc1. The fourth-order valence-electron chi connectivity index (χ4n) is 1.97. The molecule has 108 valence electrons. The van der Waals surface area contributed by atoms with Crippen LogP contribution < -0.4 is 23.2 Å². The maximum Gasteiger partial charge on any atom is 0.218 e. The number of nitrogens with zero attached hydrogens (tertiary/aromatic N) is 1. The van der Waals surface area contributed by atoms with Crippen LogP contribution in [0.4, 0.5) is 0 Å². The highest BCUT2D eigenvalue weighted by Gasteiger charge is 2.09. The van der Waals surface area contributed by atoms with Crippen molar-refractivity contribution < 1.29 is 33.4 Å². The topological polar surface area (TPSA) is 96.1 Å². The number of hydrogen-bond donors (Lipinski definition) is 0. The molecule has 3 rings (SSSR count). The number of hydrogen-bond acceptors (Lipinski definition) is 4. The van der Waals surface area contributed by atoms with Crippen molar-refractivity contribution in [1.82, 2.24) is 0 Å². The standard InChI is InChI=1S/C15H12N.ClHO4/c1-2-9-14(10-3-1)16-12-6-8-13-7-4-5-11-15(13)16;2-1(3,4)5/h1-12H;(H,2,3,4,5)/q+1;/p-1. The van der Waals surface area contributed by atoms with E-state index in [9.17, 15) is 0 Å². The van der Waals surface area contributed by atoms with E-state index in [4.69, 9.17) is 18.6 Å². The first kappa shape index (κ1) is 15.4. The van der Waals surface area contributed by atoms with Crippen LogP contribution in [0.1, 0.15) is 0 Å². The lowest BCUT2D eigenvalue weighted by atomic mass is 10.2. The Hall–Kier alpha value is -2.02. The van der Waals surface area contributed by atoms with Gasteiger partial charge >= 0.3 is 0 Å². The molecule has 3 aromatic rings. The summed E-state index contributed by atoms with van der Waals surface area (Å²) in [5, 5.41) is 1.26. The van der Waals surface area contributed by atoms with E-state index in [0.717, 1.165) is 0 Å². The second-order valence-corrected chi connectivity index (χ2v) is 4.91. The minimum atomic E-state index is -4.94. The second-order valence-electron chi connectivity index (χ2n) is 4.15. The number of rotatable bonds is 1. The van der Waals surface area contributed by atoms with Gasteiger partial charge < -0.3 is 0 Å².